The molecule has 4 heterocycles. The van der Waals surface area contributed by atoms with Gasteiger partial charge in [0.25, 0.3) is 0 Å². The maximum atomic E-state index is 6.11. The zero-order chi connectivity index (χ0) is 15.3. The third kappa shape index (κ3) is 2.18. The van der Waals surface area contributed by atoms with Gasteiger partial charge in [0.2, 0.25) is 0 Å². The molecule has 0 amide bonds. The predicted octanol–water partition coefficient (Wildman–Crippen LogP) is 2.25. The molecule has 5 heteroatoms. The number of anilines is 1. The molecule has 3 atom stereocenters. The molecule has 120 valence electrons. The molecular weight excluding hydrogens is 276 g/mol. The van der Waals surface area contributed by atoms with E-state index in [0.717, 1.165) is 49.1 Å². The second kappa shape index (κ2) is 5.37. The molecule has 0 radical (unpaired) electrons. The quantitative estimate of drug-likeness (QED) is 0.908. The minimum atomic E-state index is 0.344. The fourth-order valence-corrected chi connectivity index (χ4v) is 4.11. The number of aryl methyl sites for hydroxylation is 1. The van der Waals surface area contributed by atoms with Crippen LogP contribution in [0.5, 0.6) is 5.75 Å². The SMILES string of the molecule is CCc1nc(C(C)C)nc2c1OCCC1C3CCC(CN21)N3. The van der Waals surface area contributed by atoms with Gasteiger partial charge in [0.1, 0.15) is 5.82 Å². The molecule has 3 aliphatic heterocycles. The molecule has 1 aromatic heterocycles. The highest BCUT2D eigenvalue weighted by Gasteiger charge is 2.43. The third-order valence-corrected chi connectivity index (χ3v) is 5.28. The lowest BCUT2D eigenvalue weighted by atomic mass is 10.0. The monoisotopic (exact) mass is 302 g/mol. The highest BCUT2D eigenvalue weighted by molar-refractivity contribution is 5.58. The van der Waals surface area contributed by atoms with Crippen LogP contribution in [0.1, 0.15) is 57.5 Å². The summed E-state index contributed by atoms with van der Waals surface area (Å²) < 4.78 is 6.11. The third-order valence-electron chi connectivity index (χ3n) is 5.28. The second-order valence-electron chi connectivity index (χ2n) is 7.09. The van der Waals surface area contributed by atoms with Crippen molar-refractivity contribution in [2.45, 2.75) is 70.5 Å². The van der Waals surface area contributed by atoms with Gasteiger partial charge in [-0.1, -0.05) is 20.8 Å². The number of rotatable bonds is 2. The van der Waals surface area contributed by atoms with Gasteiger partial charge in [-0.25, -0.2) is 9.97 Å². The van der Waals surface area contributed by atoms with Gasteiger partial charge in [0.15, 0.2) is 11.6 Å². The van der Waals surface area contributed by atoms with Crippen LogP contribution >= 0.6 is 0 Å². The molecule has 0 aromatic carbocycles. The number of nitrogens with zero attached hydrogens (tertiary/aromatic N) is 3. The lowest BCUT2D eigenvalue weighted by molar-refractivity contribution is 0.283. The summed E-state index contributed by atoms with van der Waals surface area (Å²) in [6, 6.07) is 1.71. The summed E-state index contributed by atoms with van der Waals surface area (Å²) in [4.78, 5) is 12.2. The summed E-state index contributed by atoms with van der Waals surface area (Å²) >= 11 is 0. The molecule has 0 aliphatic carbocycles. The minimum absolute atomic E-state index is 0.344. The van der Waals surface area contributed by atoms with E-state index in [1.165, 1.54) is 12.8 Å². The second-order valence-corrected chi connectivity index (χ2v) is 7.09. The highest BCUT2D eigenvalue weighted by Crippen LogP contribution is 2.39. The number of nitrogens with one attached hydrogen (secondary N) is 1. The van der Waals surface area contributed by atoms with Gasteiger partial charge in [-0.15, -0.1) is 0 Å². The van der Waals surface area contributed by atoms with Crippen molar-refractivity contribution >= 4 is 5.82 Å². The molecule has 1 aromatic rings. The number of fused-ring (bicyclic) bond motifs is 6. The first-order valence-corrected chi connectivity index (χ1v) is 8.73. The van der Waals surface area contributed by atoms with Gasteiger partial charge in [0.05, 0.1) is 12.3 Å². The van der Waals surface area contributed by atoms with Gasteiger partial charge in [-0.05, 0) is 19.3 Å². The number of aromatic nitrogens is 2. The molecule has 2 bridgehead atoms. The first kappa shape index (κ1) is 14.2. The Bertz CT molecular complexity index is 574. The summed E-state index contributed by atoms with van der Waals surface area (Å²) in [6.45, 7) is 8.30. The zero-order valence-corrected chi connectivity index (χ0v) is 13.8. The van der Waals surface area contributed by atoms with Crippen molar-refractivity contribution in [1.29, 1.82) is 0 Å². The average Bonchev–Trinajstić information content (AvgIpc) is 2.80. The van der Waals surface area contributed by atoms with Crippen molar-refractivity contribution in [3.8, 4) is 5.75 Å². The topological polar surface area (TPSA) is 50.3 Å². The Hall–Kier alpha value is -1.36. The van der Waals surface area contributed by atoms with Crippen molar-refractivity contribution in [3.05, 3.63) is 11.5 Å². The fourth-order valence-electron chi connectivity index (χ4n) is 4.11. The molecule has 22 heavy (non-hydrogen) atoms. The Balaban J connectivity index is 1.82. The summed E-state index contributed by atoms with van der Waals surface area (Å²) in [5.41, 5.74) is 1.07. The summed E-state index contributed by atoms with van der Waals surface area (Å²) in [5.74, 6) is 3.29. The van der Waals surface area contributed by atoms with Crippen LogP contribution in [0.2, 0.25) is 0 Å². The van der Waals surface area contributed by atoms with Gasteiger partial charge >= 0.3 is 0 Å². The Labute approximate surface area is 132 Å². The molecule has 5 nitrogen and oxygen atoms in total. The van der Waals surface area contributed by atoms with E-state index in [2.05, 4.69) is 31.0 Å². The number of ether oxygens (including phenoxy) is 1. The largest absolute Gasteiger partial charge is 0.488 e. The van der Waals surface area contributed by atoms with Crippen LogP contribution < -0.4 is 15.0 Å². The molecule has 2 saturated heterocycles. The predicted molar refractivity (Wildman–Crippen MR) is 86.7 cm³/mol. The first-order valence-electron chi connectivity index (χ1n) is 8.73. The average molecular weight is 302 g/mol. The van der Waals surface area contributed by atoms with E-state index in [9.17, 15) is 0 Å². The van der Waals surface area contributed by atoms with E-state index in [1.54, 1.807) is 0 Å². The lowest BCUT2D eigenvalue weighted by Gasteiger charge is -2.40. The smallest absolute Gasteiger partial charge is 0.183 e. The van der Waals surface area contributed by atoms with Crippen LogP contribution in [0.3, 0.4) is 0 Å². The Morgan fingerprint density at radius 3 is 2.91 bits per heavy atom. The highest BCUT2D eigenvalue weighted by atomic mass is 16.5. The minimum Gasteiger partial charge on any atom is -0.488 e. The van der Waals surface area contributed by atoms with Crippen LogP contribution in [0.15, 0.2) is 0 Å². The van der Waals surface area contributed by atoms with E-state index in [-0.39, 0.29) is 0 Å². The van der Waals surface area contributed by atoms with Crippen molar-refractivity contribution in [2.75, 3.05) is 18.1 Å². The van der Waals surface area contributed by atoms with Gasteiger partial charge in [0, 0.05) is 37.0 Å². The van der Waals surface area contributed by atoms with Crippen LogP contribution in [0.4, 0.5) is 5.82 Å². The molecule has 1 N–H and O–H groups in total. The van der Waals surface area contributed by atoms with Gasteiger partial charge in [-0.3, -0.25) is 0 Å². The number of hydrogen-bond acceptors (Lipinski definition) is 5. The number of piperazine rings is 1. The standard InChI is InChI=1S/C17H26N4O/c1-4-12-15-17(20-16(19-12)10(2)3)21-9-11-5-6-13(18-11)14(21)7-8-22-15/h10-11,13-14,18H,4-9H2,1-3H3. The Morgan fingerprint density at radius 1 is 1.27 bits per heavy atom. The lowest BCUT2D eigenvalue weighted by Crippen LogP contribution is -2.58. The molecule has 4 rings (SSSR count). The van der Waals surface area contributed by atoms with Crippen molar-refractivity contribution in [3.63, 3.8) is 0 Å². The van der Waals surface area contributed by atoms with E-state index < -0.39 is 0 Å². The van der Waals surface area contributed by atoms with E-state index in [4.69, 9.17) is 14.7 Å². The van der Waals surface area contributed by atoms with Crippen LogP contribution in [-0.2, 0) is 6.42 Å². The Morgan fingerprint density at radius 2 is 2.14 bits per heavy atom. The number of hydrogen-bond donors (Lipinski definition) is 1. The molecule has 0 spiro atoms. The van der Waals surface area contributed by atoms with Crippen LogP contribution in [0.25, 0.3) is 0 Å². The summed E-state index contributed by atoms with van der Waals surface area (Å²) in [7, 11) is 0. The van der Waals surface area contributed by atoms with Crippen molar-refractivity contribution in [2.24, 2.45) is 0 Å². The normalized spacial score (nSPS) is 29.8. The van der Waals surface area contributed by atoms with E-state index in [0.29, 0.717) is 24.0 Å². The molecular formula is C17H26N4O. The van der Waals surface area contributed by atoms with Gasteiger partial charge in [-0.2, -0.15) is 0 Å². The van der Waals surface area contributed by atoms with Crippen molar-refractivity contribution in [1.82, 2.24) is 15.3 Å². The van der Waals surface area contributed by atoms with Gasteiger partial charge < -0.3 is 15.0 Å². The van der Waals surface area contributed by atoms with Crippen LogP contribution in [0, 0.1) is 0 Å². The summed E-state index contributed by atoms with van der Waals surface area (Å²) in [6.07, 6.45) is 4.54. The Kier molecular flexibility index (Phi) is 3.48. The van der Waals surface area contributed by atoms with Crippen LogP contribution in [-0.4, -0.2) is 41.2 Å². The first-order chi connectivity index (χ1) is 10.7. The molecule has 3 aliphatic rings. The van der Waals surface area contributed by atoms with Crippen molar-refractivity contribution < 1.29 is 4.74 Å². The zero-order valence-electron chi connectivity index (χ0n) is 13.8. The molecule has 2 fully saturated rings. The molecule has 0 saturated carbocycles. The maximum Gasteiger partial charge on any atom is 0.183 e. The fraction of sp³-hybridized carbons (Fsp3) is 0.765. The maximum absolute atomic E-state index is 6.11. The van der Waals surface area contributed by atoms with E-state index >= 15 is 0 Å². The summed E-state index contributed by atoms with van der Waals surface area (Å²) in [5, 5.41) is 3.77. The van der Waals surface area contributed by atoms with E-state index in [1.807, 2.05) is 0 Å². The molecule has 3 unspecified atom stereocenters.